The summed E-state index contributed by atoms with van der Waals surface area (Å²) in [5.74, 6) is -1.52. The van der Waals surface area contributed by atoms with E-state index in [0.717, 1.165) is 0 Å². The molecule has 0 saturated carbocycles. The van der Waals surface area contributed by atoms with E-state index < -0.39 is 17.9 Å². The second-order valence-electron chi connectivity index (χ2n) is 5.73. The van der Waals surface area contributed by atoms with Crippen LogP contribution in [-0.4, -0.2) is 66.0 Å². The number of urea groups is 1. The van der Waals surface area contributed by atoms with Crippen molar-refractivity contribution in [3.05, 3.63) is 11.1 Å². The van der Waals surface area contributed by atoms with Gasteiger partial charge in [-0.2, -0.15) is 0 Å². The van der Waals surface area contributed by atoms with Gasteiger partial charge in [0.2, 0.25) is 0 Å². The van der Waals surface area contributed by atoms with Crippen LogP contribution in [0.5, 0.6) is 0 Å². The number of rotatable bonds is 3. The SMILES string of the molecule is CC(C(=O)O)=C(C)C(=O)NC(=O)N1CC(C)C(N(C)C)C1. The van der Waals surface area contributed by atoms with E-state index in [9.17, 15) is 14.4 Å². The van der Waals surface area contributed by atoms with Crippen molar-refractivity contribution >= 4 is 17.9 Å². The summed E-state index contributed by atoms with van der Waals surface area (Å²) < 4.78 is 0. The Morgan fingerprint density at radius 3 is 2.14 bits per heavy atom. The highest BCUT2D eigenvalue weighted by Gasteiger charge is 2.34. The second-order valence-corrected chi connectivity index (χ2v) is 5.73. The molecule has 21 heavy (non-hydrogen) atoms. The zero-order valence-corrected chi connectivity index (χ0v) is 13.1. The molecule has 1 rings (SSSR count). The van der Waals surface area contributed by atoms with Gasteiger partial charge in [-0.1, -0.05) is 6.92 Å². The summed E-state index contributed by atoms with van der Waals surface area (Å²) in [6.45, 7) is 5.90. The molecule has 0 bridgehead atoms. The first-order valence-electron chi connectivity index (χ1n) is 6.82. The van der Waals surface area contributed by atoms with Crippen molar-refractivity contribution in [1.82, 2.24) is 15.1 Å². The summed E-state index contributed by atoms with van der Waals surface area (Å²) in [6.07, 6.45) is 0. The van der Waals surface area contributed by atoms with E-state index in [4.69, 9.17) is 5.11 Å². The molecule has 2 N–H and O–H groups in total. The van der Waals surface area contributed by atoms with Crippen LogP contribution in [0.2, 0.25) is 0 Å². The lowest BCUT2D eigenvalue weighted by Crippen LogP contribution is -2.43. The lowest BCUT2D eigenvalue weighted by Gasteiger charge is -2.22. The maximum atomic E-state index is 12.1. The third kappa shape index (κ3) is 4.04. The third-order valence-electron chi connectivity index (χ3n) is 3.97. The number of carbonyl (C=O) groups is 3. The van der Waals surface area contributed by atoms with Gasteiger partial charge in [-0.25, -0.2) is 9.59 Å². The van der Waals surface area contributed by atoms with Gasteiger partial charge in [-0.05, 0) is 33.9 Å². The number of aliphatic carboxylic acids is 1. The zero-order valence-electron chi connectivity index (χ0n) is 13.1. The third-order valence-corrected chi connectivity index (χ3v) is 3.97. The molecule has 0 aromatic carbocycles. The smallest absolute Gasteiger partial charge is 0.331 e. The van der Waals surface area contributed by atoms with Gasteiger partial charge in [0.25, 0.3) is 5.91 Å². The van der Waals surface area contributed by atoms with Crippen molar-refractivity contribution in [2.45, 2.75) is 26.8 Å². The van der Waals surface area contributed by atoms with Crippen LogP contribution in [0.15, 0.2) is 11.1 Å². The Hall–Kier alpha value is -1.89. The van der Waals surface area contributed by atoms with E-state index in [0.29, 0.717) is 19.0 Å². The number of carboxylic acids is 1. The van der Waals surface area contributed by atoms with E-state index in [2.05, 4.69) is 17.1 Å². The number of likely N-dealkylation sites (tertiary alicyclic amines) is 1. The van der Waals surface area contributed by atoms with Gasteiger partial charge < -0.3 is 14.9 Å². The van der Waals surface area contributed by atoms with Crippen molar-refractivity contribution in [3.8, 4) is 0 Å². The van der Waals surface area contributed by atoms with Crippen molar-refractivity contribution in [3.63, 3.8) is 0 Å². The summed E-state index contributed by atoms with van der Waals surface area (Å²) in [5.41, 5.74) is -0.0338. The van der Waals surface area contributed by atoms with E-state index in [1.54, 1.807) is 4.90 Å². The Kier molecular flexibility index (Phi) is 5.48. The van der Waals surface area contributed by atoms with Gasteiger partial charge >= 0.3 is 12.0 Å². The first-order chi connectivity index (χ1) is 9.65. The number of amides is 3. The highest BCUT2D eigenvalue weighted by Crippen LogP contribution is 2.19. The lowest BCUT2D eigenvalue weighted by atomic mass is 10.1. The van der Waals surface area contributed by atoms with Gasteiger partial charge in [0.05, 0.1) is 0 Å². The van der Waals surface area contributed by atoms with E-state index in [1.807, 2.05) is 14.1 Å². The summed E-state index contributed by atoms with van der Waals surface area (Å²) in [7, 11) is 3.91. The Morgan fingerprint density at radius 2 is 1.71 bits per heavy atom. The van der Waals surface area contributed by atoms with Gasteiger partial charge in [-0.15, -0.1) is 0 Å². The molecule has 0 spiro atoms. The molecule has 1 aliphatic rings. The van der Waals surface area contributed by atoms with Crippen LogP contribution < -0.4 is 5.32 Å². The number of nitrogens with zero attached hydrogens (tertiary/aromatic N) is 2. The molecule has 118 valence electrons. The van der Waals surface area contributed by atoms with Crippen LogP contribution in [0, 0.1) is 5.92 Å². The molecule has 7 nitrogen and oxygen atoms in total. The standard InChI is InChI=1S/C14H23N3O4/c1-8-6-17(7-11(8)16(4)5)14(21)15-12(18)9(2)10(3)13(19)20/h8,11H,6-7H2,1-5H3,(H,19,20)(H,15,18,21). The molecular formula is C14H23N3O4. The fourth-order valence-corrected chi connectivity index (χ4v) is 2.39. The molecule has 2 unspecified atom stereocenters. The number of imide groups is 1. The average Bonchev–Trinajstić information content (AvgIpc) is 2.79. The molecular weight excluding hydrogens is 274 g/mol. The van der Waals surface area contributed by atoms with Crippen LogP contribution in [0.4, 0.5) is 4.79 Å². The molecule has 0 aromatic heterocycles. The first-order valence-corrected chi connectivity index (χ1v) is 6.82. The highest BCUT2D eigenvalue weighted by atomic mass is 16.4. The molecule has 1 heterocycles. The molecule has 3 amide bonds. The van der Waals surface area contributed by atoms with Gasteiger partial charge in [-0.3, -0.25) is 10.1 Å². The number of hydrogen-bond acceptors (Lipinski definition) is 4. The van der Waals surface area contributed by atoms with Crippen LogP contribution >= 0.6 is 0 Å². The van der Waals surface area contributed by atoms with Crippen LogP contribution in [0.25, 0.3) is 0 Å². The average molecular weight is 297 g/mol. The van der Waals surface area contributed by atoms with Crippen molar-refractivity contribution in [1.29, 1.82) is 0 Å². The number of hydrogen-bond donors (Lipinski definition) is 2. The quantitative estimate of drug-likeness (QED) is 0.741. The van der Waals surface area contributed by atoms with Crippen molar-refractivity contribution in [2.75, 3.05) is 27.2 Å². The predicted octanol–water partition coefficient (Wildman–Crippen LogP) is 0.526. The normalized spacial score (nSPS) is 23.0. The number of likely N-dealkylation sites (N-methyl/N-ethyl adjacent to an activating group) is 1. The predicted molar refractivity (Wildman–Crippen MR) is 77.8 cm³/mol. The van der Waals surface area contributed by atoms with Crippen LogP contribution in [0.1, 0.15) is 20.8 Å². The molecule has 1 saturated heterocycles. The topological polar surface area (TPSA) is 89.9 Å². The van der Waals surface area contributed by atoms with E-state index in [1.165, 1.54) is 13.8 Å². The maximum Gasteiger partial charge on any atom is 0.331 e. The van der Waals surface area contributed by atoms with Crippen LogP contribution in [-0.2, 0) is 9.59 Å². The number of carbonyl (C=O) groups excluding carboxylic acids is 2. The van der Waals surface area contributed by atoms with Gasteiger partial charge in [0.1, 0.15) is 0 Å². The summed E-state index contributed by atoms with van der Waals surface area (Å²) in [5, 5.41) is 11.1. The van der Waals surface area contributed by atoms with Gasteiger partial charge in [0.15, 0.2) is 0 Å². The molecule has 1 fully saturated rings. The Balaban J connectivity index is 2.69. The summed E-state index contributed by atoms with van der Waals surface area (Å²) >= 11 is 0. The maximum absolute atomic E-state index is 12.1. The van der Waals surface area contributed by atoms with Gasteiger partial charge in [0, 0.05) is 30.3 Å². The Morgan fingerprint density at radius 1 is 1.14 bits per heavy atom. The highest BCUT2D eigenvalue weighted by molar-refractivity contribution is 6.07. The summed E-state index contributed by atoms with van der Waals surface area (Å²) in [6, 6.07) is -0.225. The zero-order chi connectivity index (χ0) is 16.3. The Bertz CT molecular complexity index is 485. The van der Waals surface area contributed by atoms with Crippen molar-refractivity contribution < 1.29 is 19.5 Å². The Labute approximate surface area is 124 Å². The minimum absolute atomic E-state index is 0.0345. The molecule has 7 heteroatoms. The largest absolute Gasteiger partial charge is 0.478 e. The second kappa shape index (κ2) is 6.71. The van der Waals surface area contributed by atoms with Crippen LogP contribution in [0.3, 0.4) is 0 Å². The molecule has 2 atom stereocenters. The van der Waals surface area contributed by atoms with E-state index in [-0.39, 0.29) is 17.2 Å². The molecule has 0 aromatic rings. The molecule has 0 aliphatic carbocycles. The lowest BCUT2D eigenvalue weighted by molar-refractivity contribution is -0.133. The fourth-order valence-electron chi connectivity index (χ4n) is 2.39. The van der Waals surface area contributed by atoms with E-state index >= 15 is 0 Å². The first kappa shape index (κ1) is 17.2. The monoisotopic (exact) mass is 297 g/mol. The van der Waals surface area contributed by atoms with Crippen molar-refractivity contribution in [2.24, 2.45) is 5.92 Å². The fraction of sp³-hybridized carbons (Fsp3) is 0.643. The minimum atomic E-state index is -1.17. The number of nitrogens with one attached hydrogen (secondary N) is 1. The number of carboxylic acid groups (broad SMARTS) is 1. The molecule has 0 radical (unpaired) electrons. The minimum Gasteiger partial charge on any atom is -0.478 e. The molecule has 1 aliphatic heterocycles. The summed E-state index contributed by atoms with van der Waals surface area (Å²) in [4.78, 5) is 38.4.